The lowest BCUT2D eigenvalue weighted by atomic mass is 10.1. The molecule has 0 atom stereocenters. The number of nitrogens with zero attached hydrogens (tertiary/aromatic N) is 1. The number of halogens is 1. The molecule has 0 bridgehead atoms. The maximum atomic E-state index is 3.53. The Morgan fingerprint density at radius 1 is 1.31 bits per heavy atom. The zero-order valence-corrected chi connectivity index (χ0v) is 12.0. The first-order valence-electron chi connectivity index (χ1n) is 5.89. The predicted octanol–water partition coefficient (Wildman–Crippen LogP) is 3.40. The minimum atomic E-state index is 0.945. The molecule has 0 radical (unpaired) electrons. The van der Waals surface area contributed by atoms with Crippen molar-refractivity contribution in [2.24, 2.45) is 0 Å². The fraction of sp³-hybridized carbons (Fsp3) is 0.538. The Hall–Kier alpha value is -0.540. The number of rotatable bonds is 6. The molecule has 1 aromatic carbocycles. The second-order valence-corrected chi connectivity index (χ2v) is 4.88. The number of anilines is 1. The van der Waals surface area contributed by atoms with Crippen molar-refractivity contribution in [2.75, 3.05) is 25.0 Å². The first kappa shape index (κ1) is 13.5. The summed E-state index contributed by atoms with van der Waals surface area (Å²) in [6, 6.07) is 6.48. The van der Waals surface area contributed by atoms with Crippen LogP contribution in [-0.2, 0) is 6.54 Å². The molecular formula is C13H21BrN2. The van der Waals surface area contributed by atoms with Crippen molar-refractivity contribution in [1.82, 2.24) is 5.32 Å². The maximum absolute atomic E-state index is 3.53. The molecule has 0 aromatic heterocycles. The van der Waals surface area contributed by atoms with Crippen LogP contribution in [0.5, 0.6) is 0 Å². The fourth-order valence-electron chi connectivity index (χ4n) is 1.61. The molecule has 0 aliphatic carbocycles. The molecule has 3 heteroatoms. The number of hydrogen-bond acceptors (Lipinski definition) is 2. The zero-order chi connectivity index (χ0) is 12.0. The molecule has 0 saturated carbocycles. The van der Waals surface area contributed by atoms with Crippen molar-refractivity contribution in [3.05, 3.63) is 28.2 Å². The quantitative estimate of drug-likeness (QED) is 0.806. The molecule has 0 spiro atoms. The predicted molar refractivity (Wildman–Crippen MR) is 75.1 cm³/mol. The van der Waals surface area contributed by atoms with E-state index in [0.29, 0.717) is 0 Å². The summed E-state index contributed by atoms with van der Waals surface area (Å²) < 4.78 is 1.14. The minimum absolute atomic E-state index is 0.945. The topological polar surface area (TPSA) is 15.3 Å². The molecule has 1 N–H and O–H groups in total. The first-order chi connectivity index (χ1) is 7.69. The van der Waals surface area contributed by atoms with Crippen molar-refractivity contribution in [3.8, 4) is 0 Å². The van der Waals surface area contributed by atoms with Crippen LogP contribution in [-0.4, -0.2) is 20.1 Å². The Kier molecular flexibility index (Phi) is 5.85. The lowest BCUT2D eigenvalue weighted by Crippen LogP contribution is -2.21. The smallest absolute Gasteiger partial charge is 0.0420 e. The molecule has 0 unspecified atom stereocenters. The van der Waals surface area contributed by atoms with Crippen LogP contribution in [0.2, 0.25) is 0 Å². The molecule has 0 aliphatic rings. The van der Waals surface area contributed by atoms with Gasteiger partial charge in [-0.25, -0.2) is 0 Å². The van der Waals surface area contributed by atoms with E-state index in [1.807, 2.05) is 0 Å². The number of hydrogen-bond donors (Lipinski definition) is 1. The highest BCUT2D eigenvalue weighted by molar-refractivity contribution is 9.10. The van der Waals surface area contributed by atoms with E-state index in [1.165, 1.54) is 17.7 Å². The summed E-state index contributed by atoms with van der Waals surface area (Å²) in [5, 5.41) is 3.45. The van der Waals surface area contributed by atoms with E-state index >= 15 is 0 Å². The molecule has 90 valence electrons. The van der Waals surface area contributed by atoms with E-state index in [0.717, 1.165) is 24.1 Å². The van der Waals surface area contributed by atoms with Gasteiger partial charge in [-0.05, 0) is 37.6 Å². The Balaban J connectivity index is 2.80. The van der Waals surface area contributed by atoms with Crippen molar-refractivity contribution in [3.63, 3.8) is 0 Å². The van der Waals surface area contributed by atoms with Crippen LogP contribution >= 0.6 is 15.9 Å². The summed E-state index contributed by atoms with van der Waals surface area (Å²) in [6.07, 6.45) is 1.18. The molecule has 0 aliphatic heterocycles. The van der Waals surface area contributed by atoms with Gasteiger partial charge in [0.15, 0.2) is 0 Å². The van der Waals surface area contributed by atoms with Crippen molar-refractivity contribution in [2.45, 2.75) is 26.8 Å². The van der Waals surface area contributed by atoms with Crippen LogP contribution < -0.4 is 10.2 Å². The van der Waals surface area contributed by atoms with Gasteiger partial charge in [0.25, 0.3) is 0 Å². The van der Waals surface area contributed by atoms with Crippen LogP contribution in [0, 0.1) is 0 Å². The summed E-state index contributed by atoms with van der Waals surface area (Å²) in [6.45, 7) is 7.40. The SMILES string of the molecule is CCCNCc1ccc(Br)cc1N(C)CC. The summed E-state index contributed by atoms with van der Waals surface area (Å²) in [7, 11) is 2.13. The average Bonchev–Trinajstić information content (AvgIpc) is 2.30. The Labute approximate surface area is 107 Å². The van der Waals surface area contributed by atoms with Gasteiger partial charge in [-0.1, -0.05) is 28.9 Å². The van der Waals surface area contributed by atoms with Gasteiger partial charge in [0.1, 0.15) is 0 Å². The van der Waals surface area contributed by atoms with Crippen molar-refractivity contribution in [1.29, 1.82) is 0 Å². The third-order valence-corrected chi connectivity index (χ3v) is 3.17. The molecule has 0 heterocycles. The Bertz CT molecular complexity index is 326. The molecule has 1 rings (SSSR count). The normalized spacial score (nSPS) is 10.5. The van der Waals surface area contributed by atoms with E-state index in [1.54, 1.807) is 0 Å². The molecular weight excluding hydrogens is 264 g/mol. The molecule has 16 heavy (non-hydrogen) atoms. The van der Waals surface area contributed by atoms with E-state index in [9.17, 15) is 0 Å². The van der Waals surface area contributed by atoms with Crippen LogP contribution in [0.3, 0.4) is 0 Å². The Morgan fingerprint density at radius 2 is 2.06 bits per heavy atom. The molecule has 0 amide bonds. The standard InChI is InChI=1S/C13H21BrN2/c1-4-8-15-10-11-6-7-12(14)9-13(11)16(3)5-2/h6-7,9,15H,4-5,8,10H2,1-3H3. The maximum Gasteiger partial charge on any atom is 0.0420 e. The largest absolute Gasteiger partial charge is 0.375 e. The lowest BCUT2D eigenvalue weighted by molar-refractivity contribution is 0.674. The first-order valence-corrected chi connectivity index (χ1v) is 6.68. The van der Waals surface area contributed by atoms with Gasteiger partial charge in [0.2, 0.25) is 0 Å². The zero-order valence-electron chi connectivity index (χ0n) is 10.4. The third-order valence-electron chi connectivity index (χ3n) is 2.68. The third kappa shape index (κ3) is 3.80. The van der Waals surface area contributed by atoms with Crippen molar-refractivity contribution >= 4 is 21.6 Å². The molecule has 2 nitrogen and oxygen atoms in total. The summed E-state index contributed by atoms with van der Waals surface area (Å²) in [4.78, 5) is 2.27. The van der Waals surface area contributed by atoms with E-state index in [-0.39, 0.29) is 0 Å². The monoisotopic (exact) mass is 284 g/mol. The van der Waals surface area contributed by atoms with E-state index in [2.05, 4.69) is 65.2 Å². The van der Waals surface area contributed by atoms with Crippen LogP contribution in [0.4, 0.5) is 5.69 Å². The summed E-state index contributed by atoms with van der Waals surface area (Å²) in [5.74, 6) is 0. The second-order valence-electron chi connectivity index (χ2n) is 3.96. The van der Waals surface area contributed by atoms with Gasteiger partial charge in [-0.15, -0.1) is 0 Å². The highest BCUT2D eigenvalue weighted by atomic mass is 79.9. The molecule has 0 saturated heterocycles. The molecule has 0 fully saturated rings. The highest BCUT2D eigenvalue weighted by Crippen LogP contribution is 2.24. The van der Waals surface area contributed by atoms with Gasteiger partial charge in [-0.2, -0.15) is 0 Å². The van der Waals surface area contributed by atoms with Gasteiger partial charge in [-0.3, -0.25) is 0 Å². The summed E-state index contributed by atoms with van der Waals surface area (Å²) >= 11 is 3.53. The van der Waals surface area contributed by atoms with Gasteiger partial charge in [0.05, 0.1) is 0 Å². The van der Waals surface area contributed by atoms with Gasteiger partial charge in [0, 0.05) is 30.3 Å². The second kappa shape index (κ2) is 6.92. The van der Waals surface area contributed by atoms with Crippen LogP contribution in [0.15, 0.2) is 22.7 Å². The van der Waals surface area contributed by atoms with Gasteiger partial charge < -0.3 is 10.2 Å². The van der Waals surface area contributed by atoms with Crippen LogP contribution in [0.1, 0.15) is 25.8 Å². The van der Waals surface area contributed by atoms with Crippen molar-refractivity contribution < 1.29 is 0 Å². The van der Waals surface area contributed by atoms with Gasteiger partial charge >= 0.3 is 0 Å². The highest BCUT2D eigenvalue weighted by Gasteiger charge is 2.06. The fourth-order valence-corrected chi connectivity index (χ4v) is 1.96. The number of benzene rings is 1. The number of nitrogens with one attached hydrogen (secondary N) is 1. The van der Waals surface area contributed by atoms with Crippen LogP contribution in [0.25, 0.3) is 0 Å². The minimum Gasteiger partial charge on any atom is -0.375 e. The van der Waals surface area contributed by atoms with E-state index < -0.39 is 0 Å². The Morgan fingerprint density at radius 3 is 2.69 bits per heavy atom. The lowest BCUT2D eigenvalue weighted by Gasteiger charge is -2.21. The summed E-state index contributed by atoms with van der Waals surface area (Å²) in [5.41, 5.74) is 2.67. The van der Waals surface area contributed by atoms with E-state index in [4.69, 9.17) is 0 Å². The molecule has 1 aromatic rings. The average molecular weight is 285 g/mol.